The largest absolute Gasteiger partial charge is 0.397 e. The zero-order valence-corrected chi connectivity index (χ0v) is 12.3. The molecule has 0 bridgehead atoms. The molecule has 5 heteroatoms. The number of pyridine rings is 1. The van der Waals surface area contributed by atoms with Gasteiger partial charge in [-0.05, 0) is 37.3 Å². The molecule has 2 aromatic rings. The number of anilines is 2. The number of aryl methyl sites for hydroxylation is 1. The Hall–Kier alpha value is -1.88. The van der Waals surface area contributed by atoms with Crippen LogP contribution in [0.5, 0.6) is 0 Å². The molecule has 0 aliphatic rings. The first-order chi connectivity index (χ1) is 8.99. The van der Waals surface area contributed by atoms with Crippen LogP contribution in [0.1, 0.15) is 16.2 Å². The van der Waals surface area contributed by atoms with Crippen LogP contribution in [0.4, 0.5) is 11.4 Å². The van der Waals surface area contributed by atoms with Gasteiger partial charge < -0.3 is 10.6 Å². The number of nitrogen functional groups attached to an aromatic ring is 1. The average Bonchev–Trinajstić information content (AvgIpc) is 2.37. The number of amides is 1. The maximum atomic E-state index is 12.3. The van der Waals surface area contributed by atoms with E-state index in [2.05, 4.69) is 20.9 Å². The van der Waals surface area contributed by atoms with Crippen molar-refractivity contribution in [2.24, 2.45) is 0 Å². The van der Waals surface area contributed by atoms with Gasteiger partial charge in [0.1, 0.15) is 5.69 Å². The standard InChI is InChI=1S/C14H14BrN3O/c1-9-4-3-5-12(17-9)14(19)18(2)13-7-6-10(15)8-11(13)16/h3-8H,16H2,1-2H3. The molecule has 1 heterocycles. The van der Waals surface area contributed by atoms with E-state index in [0.29, 0.717) is 17.1 Å². The van der Waals surface area contributed by atoms with E-state index in [4.69, 9.17) is 5.73 Å². The predicted molar refractivity (Wildman–Crippen MR) is 80.3 cm³/mol. The first-order valence-corrected chi connectivity index (χ1v) is 6.55. The van der Waals surface area contributed by atoms with Gasteiger partial charge in [-0.2, -0.15) is 0 Å². The summed E-state index contributed by atoms with van der Waals surface area (Å²) in [5.74, 6) is -0.183. The topological polar surface area (TPSA) is 59.2 Å². The Morgan fingerprint density at radius 3 is 2.68 bits per heavy atom. The summed E-state index contributed by atoms with van der Waals surface area (Å²) in [6.45, 7) is 1.85. The molecule has 0 aliphatic heterocycles. The van der Waals surface area contributed by atoms with E-state index < -0.39 is 0 Å². The van der Waals surface area contributed by atoms with E-state index in [1.54, 1.807) is 25.2 Å². The van der Waals surface area contributed by atoms with Crippen LogP contribution in [0, 0.1) is 6.92 Å². The minimum absolute atomic E-state index is 0.183. The van der Waals surface area contributed by atoms with E-state index in [9.17, 15) is 4.79 Å². The number of nitrogens with two attached hydrogens (primary N) is 1. The zero-order chi connectivity index (χ0) is 14.0. The zero-order valence-electron chi connectivity index (χ0n) is 10.7. The van der Waals surface area contributed by atoms with Gasteiger partial charge in [0.2, 0.25) is 0 Å². The van der Waals surface area contributed by atoms with Gasteiger partial charge in [-0.3, -0.25) is 4.79 Å². The Kier molecular flexibility index (Phi) is 3.85. The van der Waals surface area contributed by atoms with Gasteiger partial charge in [-0.25, -0.2) is 4.98 Å². The summed E-state index contributed by atoms with van der Waals surface area (Å²) in [7, 11) is 1.69. The molecule has 0 atom stereocenters. The smallest absolute Gasteiger partial charge is 0.276 e. The molecule has 0 spiro atoms. The van der Waals surface area contributed by atoms with Gasteiger partial charge in [0.25, 0.3) is 5.91 Å². The fourth-order valence-corrected chi connectivity index (χ4v) is 2.15. The highest BCUT2D eigenvalue weighted by Crippen LogP contribution is 2.26. The van der Waals surface area contributed by atoms with E-state index in [1.165, 1.54) is 4.90 Å². The molecule has 19 heavy (non-hydrogen) atoms. The molecule has 4 nitrogen and oxygen atoms in total. The minimum atomic E-state index is -0.183. The molecule has 98 valence electrons. The van der Waals surface area contributed by atoms with Gasteiger partial charge in [-0.1, -0.05) is 22.0 Å². The summed E-state index contributed by atoms with van der Waals surface area (Å²) in [4.78, 5) is 18.1. The Balaban J connectivity index is 2.33. The van der Waals surface area contributed by atoms with Crippen LogP contribution in [0.25, 0.3) is 0 Å². The van der Waals surface area contributed by atoms with Crippen molar-refractivity contribution in [1.29, 1.82) is 0 Å². The maximum absolute atomic E-state index is 12.3. The van der Waals surface area contributed by atoms with Crippen LogP contribution in [-0.2, 0) is 0 Å². The Labute approximate surface area is 120 Å². The molecule has 0 unspecified atom stereocenters. The average molecular weight is 320 g/mol. The van der Waals surface area contributed by atoms with Crippen molar-refractivity contribution in [1.82, 2.24) is 4.98 Å². The first kappa shape index (κ1) is 13.5. The third-order valence-electron chi connectivity index (χ3n) is 2.76. The van der Waals surface area contributed by atoms with E-state index in [1.807, 2.05) is 25.1 Å². The molecule has 1 aromatic heterocycles. The van der Waals surface area contributed by atoms with Crippen LogP contribution in [-0.4, -0.2) is 17.9 Å². The fourth-order valence-electron chi connectivity index (χ4n) is 1.77. The number of carbonyl (C=O) groups is 1. The highest BCUT2D eigenvalue weighted by molar-refractivity contribution is 9.10. The molecule has 0 aliphatic carbocycles. The summed E-state index contributed by atoms with van der Waals surface area (Å²) in [5.41, 5.74) is 8.34. The maximum Gasteiger partial charge on any atom is 0.276 e. The quantitative estimate of drug-likeness (QED) is 0.865. The molecule has 2 N–H and O–H groups in total. The summed E-state index contributed by atoms with van der Waals surface area (Å²) < 4.78 is 0.878. The molecule has 0 fully saturated rings. The third kappa shape index (κ3) is 2.93. The van der Waals surface area contributed by atoms with Crippen molar-refractivity contribution in [3.8, 4) is 0 Å². The lowest BCUT2D eigenvalue weighted by Gasteiger charge is -2.19. The second-order valence-corrected chi connectivity index (χ2v) is 5.15. The highest BCUT2D eigenvalue weighted by Gasteiger charge is 2.16. The minimum Gasteiger partial charge on any atom is -0.397 e. The molecule has 1 amide bonds. The predicted octanol–water partition coefficient (Wildman–Crippen LogP) is 3.01. The molecule has 0 radical (unpaired) electrons. The van der Waals surface area contributed by atoms with Gasteiger partial charge in [0.15, 0.2) is 0 Å². The molecule has 1 aromatic carbocycles. The first-order valence-electron chi connectivity index (χ1n) is 5.76. The SMILES string of the molecule is Cc1cccc(C(=O)N(C)c2ccc(Br)cc2N)n1. The number of nitrogens with zero attached hydrogens (tertiary/aromatic N) is 2. The summed E-state index contributed by atoms with van der Waals surface area (Å²) >= 11 is 3.34. The van der Waals surface area contributed by atoms with Crippen molar-refractivity contribution < 1.29 is 4.79 Å². The van der Waals surface area contributed by atoms with E-state index in [-0.39, 0.29) is 5.91 Å². The van der Waals surface area contributed by atoms with Gasteiger partial charge in [-0.15, -0.1) is 0 Å². The highest BCUT2D eigenvalue weighted by atomic mass is 79.9. The van der Waals surface area contributed by atoms with Crippen LogP contribution in [0.15, 0.2) is 40.9 Å². The lowest BCUT2D eigenvalue weighted by Crippen LogP contribution is -2.28. The van der Waals surface area contributed by atoms with Gasteiger partial charge in [0, 0.05) is 17.2 Å². The number of hydrogen-bond donors (Lipinski definition) is 1. The Morgan fingerprint density at radius 2 is 2.05 bits per heavy atom. The summed E-state index contributed by atoms with van der Waals surface area (Å²) in [5, 5.41) is 0. The van der Waals surface area contributed by atoms with E-state index >= 15 is 0 Å². The van der Waals surface area contributed by atoms with Crippen LogP contribution >= 0.6 is 15.9 Å². The van der Waals surface area contributed by atoms with Crippen LogP contribution in [0.2, 0.25) is 0 Å². The van der Waals surface area contributed by atoms with Crippen LogP contribution in [0.3, 0.4) is 0 Å². The van der Waals surface area contributed by atoms with Crippen molar-refractivity contribution in [3.63, 3.8) is 0 Å². The molecule has 0 saturated heterocycles. The van der Waals surface area contributed by atoms with Crippen LogP contribution < -0.4 is 10.6 Å². The van der Waals surface area contributed by atoms with E-state index in [0.717, 1.165) is 10.2 Å². The molecule has 2 rings (SSSR count). The second kappa shape index (κ2) is 5.40. The van der Waals surface area contributed by atoms with Crippen molar-refractivity contribution in [2.45, 2.75) is 6.92 Å². The number of aromatic nitrogens is 1. The van der Waals surface area contributed by atoms with Gasteiger partial charge in [0.05, 0.1) is 11.4 Å². The monoisotopic (exact) mass is 319 g/mol. The molecular formula is C14H14BrN3O. The van der Waals surface area contributed by atoms with Crippen molar-refractivity contribution in [2.75, 3.05) is 17.7 Å². The number of carbonyl (C=O) groups excluding carboxylic acids is 1. The number of hydrogen-bond acceptors (Lipinski definition) is 3. The fraction of sp³-hybridized carbons (Fsp3) is 0.143. The van der Waals surface area contributed by atoms with Crippen molar-refractivity contribution >= 4 is 33.2 Å². The third-order valence-corrected chi connectivity index (χ3v) is 3.26. The second-order valence-electron chi connectivity index (χ2n) is 4.23. The van der Waals surface area contributed by atoms with Gasteiger partial charge >= 0.3 is 0 Å². The number of halogens is 1. The number of benzene rings is 1. The lowest BCUT2D eigenvalue weighted by molar-refractivity contribution is 0.0988. The Morgan fingerprint density at radius 1 is 1.32 bits per heavy atom. The molecule has 0 saturated carbocycles. The molecular weight excluding hydrogens is 306 g/mol. The lowest BCUT2D eigenvalue weighted by atomic mass is 10.2. The normalized spacial score (nSPS) is 10.3. The summed E-state index contributed by atoms with van der Waals surface area (Å²) in [6, 6.07) is 10.8. The number of rotatable bonds is 2. The van der Waals surface area contributed by atoms with Crippen molar-refractivity contribution in [3.05, 3.63) is 52.3 Å². The summed E-state index contributed by atoms with van der Waals surface area (Å²) in [6.07, 6.45) is 0. The Bertz CT molecular complexity index is 628.